The number of ether oxygens (including phenoxy) is 1. The van der Waals surface area contributed by atoms with Crippen LogP contribution in [0.4, 0.5) is 0 Å². The quantitative estimate of drug-likeness (QED) is 0.373. The molecule has 1 saturated heterocycles. The van der Waals surface area contributed by atoms with Crippen molar-refractivity contribution in [3.63, 3.8) is 0 Å². The minimum absolute atomic E-state index is 0.495. The average molecular weight is 476 g/mol. The van der Waals surface area contributed by atoms with Crippen LogP contribution in [0.15, 0.2) is 48.7 Å². The number of halogens is 1. The van der Waals surface area contributed by atoms with Crippen LogP contribution in [0.1, 0.15) is 36.8 Å². The summed E-state index contributed by atoms with van der Waals surface area (Å²) in [5.74, 6) is 0. The molecule has 5 atom stereocenters. The van der Waals surface area contributed by atoms with Gasteiger partial charge in [-0.3, -0.25) is 0 Å². The molecule has 33 heavy (non-hydrogen) atoms. The van der Waals surface area contributed by atoms with Crippen molar-refractivity contribution in [2.24, 2.45) is 0 Å². The fourth-order valence-corrected chi connectivity index (χ4v) is 4.62. The molecule has 0 amide bonds. The summed E-state index contributed by atoms with van der Waals surface area (Å²) < 4.78 is 7.47. The van der Waals surface area contributed by atoms with E-state index in [0.29, 0.717) is 23.4 Å². The van der Waals surface area contributed by atoms with Crippen LogP contribution in [0, 0.1) is 0 Å². The average Bonchev–Trinajstić information content (AvgIpc) is 3.10. The third kappa shape index (κ3) is 5.10. The first-order valence-electron chi connectivity index (χ1n) is 11.0. The second-order valence-corrected chi connectivity index (χ2v) is 9.86. The second-order valence-electron chi connectivity index (χ2n) is 9.43. The summed E-state index contributed by atoms with van der Waals surface area (Å²) in [5, 5.41) is 52.0. The van der Waals surface area contributed by atoms with Gasteiger partial charge in [-0.1, -0.05) is 41.9 Å². The van der Waals surface area contributed by atoms with Crippen LogP contribution < -0.4 is 0 Å². The van der Waals surface area contributed by atoms with E-state index in [1.807, 2.05) is 36.5 Å². The van der Waals surface area contributed by atoms with Crippen LogP contribution in [0.3, 0.4) is 0 Å². The number of benzene rings is 2. The van der Waals surface area contributed by atoms with E-state index in [2.05, 4.69) is 0 Å². The number of aliphatic hydroxyl groups excluding tert-OH is 4. The Bertz CT molecular complexity index is 1100. The highest BCUT2D eigenvalue weighted by molar-refractivity contribution is 6.31. The molecule has 1 aliphatic rings. The van der Waals surface area contributed by atoms with Crippen LogP contribution in [-0.4, -0.2) is 66.7 Å². The van der Waals surface area contributed by atoms with Crippen molar-refractivity contribution in [1.82, 2.24) is 4.57 Å². The zero-order chi connectivity index (χ0) is 23.9. The number of fused-ring (bicyclic) bond motifs is 1. The molecule has 0 unspecified atom stereocenters. The second kappa shape index (κ2) is 9.35. The largest absolute Gasteiger partial charge is 0.394 e. The van der Waals surface area contributed by atoms with Gasteiger partial charge in [0.25, 0.3) is 0 Å². The van der Waals surface area contributed by atoms with Gasteiger partial charge in [-0.2, -0.15) is 0 Å². The zero-order valence-electron chi connectivity index (χ0n) is 18.6. The standard InChI is InChI=1S/C25H30ClNO6/c1-25(2,32)11-15-5-3-14(4-6-15)9-16-12-27(19-10-17(26)7-8-18(16)19)24-23(31)22(30)21(29)20(13-28)33-24/h3-8,10,12,20-24,28-32H,9,11,13H2,1-2H3/t20-,21-,22+,23-,24-/m1/s1. The third-order valence-electron chi connectivity index (χ3n) is 6.07. The molecule has 0 radical (unpaired) electrons. The maximum atomic E-state index is 10.6. The van der Waals surface area contributed by atoms with Crippen molar-refractivity contribution in [2.75, 3.05) is 6.61 Å². The highest BCUT2D eigenvalue weighted by Crippen LogP contribution is 2.35. The molecule has 0 spiro atoms. The molecule has 0 aliphatic carbocycles. The van der Waals surface area contributed by atoms with Crippen molar-refractivity contribution in [2.45, 2.75) is 62.9 Å². The molecule has 4 rings (SSSR count). The number of nitrogens with zero attached hydrogens (tertiary/aromatic N) is 1. The first-order valence-corrected chi connectivity index (χ1v) is 11.3. The van der Waals surface area contributed by atoms with Gasteiger partial charge in [-0.05, 0) is 49.1 Å². The minimum Gasteiger partial charge on any atom is -0.394 e. The first-order chi connectivity index (χ1) is 15.6. The van der Waals surface area contributed by atoms with Crippen molar-refractivity contribution in [3.05, 3.63) is 70.4 Å². The van der Waals surface area contributed by atoms with Gasteiger partial charge >= 0.3 is 0 Å². The highest BCUT2D eigenvalue weighted by Gasteiger charge is 2.44. The Morgan fingerprint density at radius 1 is 0.970 bits per heavy atom. The Labute approximate surface area is 197 Å². The van der Waals surface area contributed by atoms with Gasteiger partial charge < -0.3 is 34.8 Å². The van der Waals surface area contributed by atoms with Crippen LogP contribution in [0.25, 0.3) is 10.9 Å². The molecule has 2 heterocycles. The Hall–Kier alpha value is -1.97. The zero-order valence-corrected chi connectivity index (χ0v) is 19.4. The van der Waals surface area contributed by atoms with E-state index in [1.165, 1.54) is 0 Å². The van der Waals surface area contributed by atoms with Crippen LogP contribution >= 0.6 is 11.6 Å². The number of aromatic nitrogens is 1. The molecule has 178 valence electrons. The van der Waals surface area contributed by atoms with E-state index in [-0.39, 0.29) is 0 Å². The van der Waals surface area contributed by atoms with Gasteiger partial charge in [0.05, 0.1) is 17.7 Å². The Morgan fingerprint density at radius 3 is 2.27 bits per heavy atom. The topological polar surface area (TPSA) is 115 Å². The van der Waals surface area contributed by atoms with Gasteiger partial charge in [0.2, 0.25) is 0 Å². The van der Waals surface area contributed by atoms with Gasteiger partial charge in [0.15, 0.2) is 6.23 Å². The van der Waals surface area contributed by atoms with Crippen LogP contribution in [-0.2, 0) is 17.6 Å². The van der Waals surface area contributed by atoms with E-state index in [0.717, 1.165) is 22.1 Å². The Kier molecular flexibility index (Phi) is 6.85. The fraction of sp³-hybridized carbons (Fsp3) is 0.440. The summed E-state index contributed by atoms with van der Waals surface area (Å²) in [6.07, 6.45) is -3.29. The number of hydrogen-bond acceptors (Lipinski definition) is 6. The van der Waals surface area contributed by atoms with E-state index >= 15 is 0 Å². The highest BCUT2D eigenvalue weighted by atomic mass is 35.5. The molecular formula is C25H30ClNO6. The summed E-state index contributed by atoms with van der Waals surface area (Å²) >= 11 is 6.25. The molecule has 8 heteroatoms. The molecule has 3 aromatic rings. The van der Waals surface area contributed by atoms with E-state index < -0.39 is 42.9 Å². The predicted molar refractivity (Wildman–Crippen MR) is 125 cm³/mol. The maximum Gasteiger partial charge on any atom is 0.163 e. The van der Waals surface area contributed by atoms with E-state index in [9.17, 15) is 25.5 Å². The van der Waals surface area contributed by atoms with Crippen molar-refractivity contribution in [3.8, 4) is 0 Å². The molecule has 1 aromatic heterocycles. The molecule has 1 fully saturated rings. The van der Waals surface area contributed by atoms with Crippen molar-refractivity contribution in [1.29, 1.82) is 0 Å². The molecule has 0 bridgehead atoms. The summed E-state index contributed by atoms with van der Waals surface area (Å²) in [7, 11) is 0. The number of rotatable bonds is 6. The Balaban J connectivity index is 1.68. The molecule has 0 saturated carbocycles. The summed E-state index contributed by atoms with van der Waals surface area (Å²) in [6, 6.07) is 13.5. The third-order valence-corrected chi connectivity index (χ3v) is 6.31. The van der Waals surface area contributed by atoms with Crippen LogP contribution in [0.2, 0.25) is 5.02 Å². The molecule has 7 nitrogen and oxygen atoms in total. The van der Waals surface area contributed by atoms with E-state index in [4.69, 9.17) is 16.3 Å². The fourth-order valence-electron chi connectivity index (χ4n) is 4.45. The monoisotopic (exact) mass is 475 g/mol. The number of aliphatic hydroxyl groups is 5. The number of hydrogen-bond donors (Lipinski definition) is 5. The normalized spacial score (nSPS) is 26.1. The van der Waals surface area contributed by atoms with Gasteiger partial charge in [-0.15, -0.1) is 0 Å². The van der Waals surface area contributed by atoms with Crippen LogP contribution in [0.5, 0.6) is 0 Å². The van der Waals surface area contributed by atoms with E-state index in [1.54, 1.807) is 30.5 Å². The lowest BCUT2D eigenvalue weighted by atomic mass is 9.96. The lowest BCUT2D eigenvalue weighted by Gasteiger charge is -2.40. The summed E-state index contributed by atoms with van der Waals surface area (Å²) in [6.45, 7) is 3.06. The maximum absolute atomic E-state index is 10.6. The van der Waals surface area contributed by atoms with Gasteiger partial charge in [-0.25, -0.2) is 0 Å². The summed E-state index contributed by atoms with van der Waals surface area (Å²) in [4.78, 5) is 0. The van der Waals surface area contributed by atoms with Gasteiger partial charge in [0.1, 0.15) is 24.4 Å². The molecule has 5 N–H and O–H groups in total. The minimum atomic E-state index is -1.47. The molecular weight excluding hydrogens is 446 g/mol. The van der Waals surface area contributed by atoms with Crippen molar-refractivity contribution >= 4 is 22.5 Å². The SMILES string of the molecule is CC(C)(O)Cc1ccc(Cc2cn([C@@H]3O[C@H](CO)[C@@H](O)[C@H](O)[C@H]3O)c3cc(Cl)ccc23)cc1. The smallest absolute Gasteiger partial charge is 0.163 e. The predicted octanol–water partition coefficient (Wildman–Crippen LogP) is 2.17. The lowest BCUT2D eigenvalue weighted by molar-refractivity contribution is -0.250. The van der Waals surface area contributed by atoms with Gasteiger partial charge in [0, 0.05) is 23.0 Å². The van der Waals surface area contributed by atoms with Crippen molar-refractivity contribution < 1.29 is 30.3 Å². The Morgan fingerprint density at radius 2 is 1.64 bits per heavy atom. The summed E-state index contributed by atoms with van der Waals surface area (Å²) in [5.41, 5.74) is 3.01. The molecule has 2 aromatic carbocycles. The lowest BCUT2D eigenvalue weighted by Crippen LogP contribution is -2.56. The first kappa shape index (κ1) is 24.2. The molecule has 1 aliphatic heterocycles.